The molecular weight excluding hydrogens is 423 g/mol. The first-order valence-corrected chi connectivity index (χ1v) is 10.3. The largest absolute Gasteiger partial charge is 0.494 e. The summed E-state index contributed by atoms with van der Waals surface area (Å²) in [6, 6.07) is 9.94. The number of carbonyl (C=O) groups is 1. The fourth-order valence-electron chi connectivity index (χ4n) is 2.70. The molecule has 0 aliphatic rings. The van der Waals surface area contributed by atoms with Crippen molar-refractivity contribution >= 4 is 28.3 Å². The van der Waals surface area contributed by atoms with Gasteiger partial charge in [0.25, 0.3) is 5.03 Å². The zero-order chi connectivity index (χ0) is 23.2. The minimum Gasteiger partial charge on any atom is -0.494 e. The van der Waals surface area contributed by atoms with Gasteiger partial charge in [0.05, 0.1) is 17.6 Å². The van der Waals surface area contributed by atoms with Crippen molar-refractivity contribution in [2.24, 2.45) is 0 Å². The number of quaternary nitrogens is 1. The fraction of sp³-hybridized carbons (Fsp3) is 0.227. The average Bonchev–Trinajstić information content (AvgIpc) is 2.74. The smallest absolute Gasteiger partial charge is 0.335 e. The monoisotopic (exact) mass is 449 g/mol. The molecule has 0 fully saturated rings. The molecule has 0 unspecified atom stereocenters. The summed E-state index contributed by atoms with van der Waals surface area (Å²) in [5, 5.41) is 30.8. The number of thioether (sulfide) groups is 1. The van der Waals surface area contributed by atoms with Gasteiger partial charge in [-0.05, 0) is 74.0 Å². The van der Waals surface area contributed by atoms with Crippen molar-refractivity contribution in [3.63, 3.8) is 0 Å². The van der Waals surface area contributed by atoms with Crippen molar-refractivity contribution in [2.45, 2.75) is 27.2 Å². The summed E-state index contributed by atoms with van der Waals surface area (Å²) >= 11 is 1.12. The Morgan fingerprint density at radius 1 is 1.19 bits per heavy atom. The zero-order valence-corrected chi connectivity index (χ0v) is 18.5. The van der Waals surface area contributed by atoms with Crippen LogP contribution in [0.25, 0.3) is 4.91 Å². The Kier molecular flexibility index (Phi) is 8.23. The van der Waals surface area contributed by atoms with Gasteiger partial charge >= 0.3 is 5.97 Å². The summed E-state index contributed by atoms with van der Waals surface area (Å²) in [4.78, 5) is 10.2. The van der Waals surface area contributed by atoms with E-state index in [4.69, 9.17) is 9.84 Å². The van der Waals surface area contributed by atoms with E-state index >= 15 is 0 Å². The van der Waals surface area contributed by atoms with Gasteiger partial charge in [-0.15, -0.1) is 10.4 Å². The molecular formula is C22H26FN2O5S+. The van der Waals surface area contributed by atoms with E-state index in [0.29, 0.717) is 6.42 Å². The number of allylic oxidation sites excluding steroid dienone is 2. The van der Waals surface area contributed by atoms with Gasteiger partial charge in [-0.3, -0.25) is 0 Å². The summed E-state index contributed by atoms with van der Waals surface area (Å²) in [6.45, 7) is 5.54. The highest BCUT2D eigenvalue weighted by Gasteiger charge is 2.34. The third-order valence-corrected chi connectivity index (χ3v) is 6.00. The summed E-state index contributed by atoms with van der Waals surface area (Å²) < 4.78 is 18.6. The minimum atomic E-state index is -1.70. The predicted molar refractivity (Wildman–Crippen MR) is 118 cm³/mol. The number of nitrogens with zero attached hydrogens (tertiary/aromatic N) is 1. The second-order valence-electron chi connectivity index (χ2n) is 6.63. The number of hydroxylamine groups is 2. The summed E-state index contributed by atoms with van der Waals surface area (Å²) in [6.07, 6.45) is 2.24. The molecule has 2 rings (SSSR count). The summed E-state index contributed by atoms with van der Waals surface area (Å²) in [5.74, 6) is -1.36. The molecule has 4 N–H and O–H groups in total. The highest BCUT2D eigenvalue weighted by atomic mass is 32.2. The number of halogens is 1. The highest BCUT2D eigenvalue weighted by Crippen LogP contribution is 2.40. The molecule has 31 heavy (non-hydrogen) atoms. The first-order valence-electron chi connectivity index (χ1n) is 9.47. The van der Waals surface area contributed by atoms with Gasteiger partial charge in [0.15, 0.2) is 0 Å². The van der Waals surface area contributed by atoms with Crippen molar-refractivity contribution in [1.29, 1.82) is 0 Å². The number of aromatic carboxylic acids is 1. The first-order chi connectivity index (χ1) is 14.6. The fourth-order valence-corrected chi connectivity index (χ4v) is 3.77. The zero-order valence-electron chi connectivity index (χ0n) is 17.7. The predicted octanol–water partition coefficient (Wildman–Crippen LogP) is 5.89. The van der Waals surface area contributed by atoms with Crippen LogP contribution in [0.5, 0.6) is 5.75 Å². The van der Waals surface area contributed by atoms with Crippen molar-refractivity contribution in [1.82, 2.24) is 0 Å². The number of hydrogen-bond donors (Lipinski definition) is 4. The van der Waals surface area contributed by atoms with E-state index in [0.717, 1.165) is 27.8 Å². The minimum absolute atomic E-state index is 0.00267. The number of carboxylic acid groups (broad SMARTS) is 1. The van der Waals surface area contributed by atoms with Crippen molar-refractivity contribution < 1.29 is 34.4 Å². The third kappa shape index (κ3) is 6.08. The van der Waals surface area contributed by atoms with Crippen LogP contribution in [0, 0.1) is 5.82 Å². The van der Waals surface area contributed by atoms with Gasteiger partial charge in [0.2, 0.25) is 0 Å². The molecule has 0 bridgehead atoms. The van der Waals surface area contributed by atoms with Crippen molar-refractivity contribution in [3.05, 3.63) is 76.1 Å². The van der Waals surface area contributed by atoms with E-state index in [2.05, 4.69) is 5.43 Å². The molecule has 0 heterocycles. The maximum Gasteiger partial charge on any atom is 0.335 e. The summed E-state index contributed by atoms with van der Waals surface area (Å²) in [5.41, 5.74) is 4.44. The van der Waals surface area contributed by atoms with Crippen LogP contribution in [0.4, 0.5) is 10.1 Å². The van der Waals surface area contributed by atoms with Crippen LogP contribution in [0.1, 0.15) is 43.1 Å². The quantitative estimate of drug-likeness (QED) is 0.280. The molecule has 0 spiro atoms. The standard InChI is InChI=1S/C22H25FN2O5S/c1-5-14(3)21(15-7-10-17(23)11-8-15)31-20(6-2)25(28,29)24-18-12-9-16(22(26)27)13-19(18)30-4/h6-13,24,28-29H,5H2,1-4H3/p+1/b20-6-,21-14?. The number of nitrogens with one attached hydrogen (secondary N) is 1. The second-order valence-corrected chi connectivity index (χ2v) is 7.66. The molecule has 0 saturated carbocycles. The molecule has 2 aromatic carbocycles. The second kappa shape index (κ2) is 10.5. The van der Waals surface area contributed by atoms with Crippen LogP contribution >= 0.6 is 11.8 Å². The molecule has 9 heteroatoms. The molecule has 0 aromatic heterocycles. The lowest BCUT2D eigenvalue weighted by molar-refractivity contribution is -1.20. The Hall–Kier alpha value is -2.85. The maximum absolute atomic E-state index is 13.4. The van der Waals surface area contributed by atoms with Gasteiger partial charge in [-0.1, -0.05) is 24.6 Å². The first kappa shape index (κ1) is 24.4. The number of ether oxygens (including phenoxy) is 1. The van der Waals surface area contributed by atoms with E-state index in [1.54, 1.807) is 19.1 Å². The molecule has 0 saturated heterocycles. The van der Waals surface area contributed by atoms with Crippen LogP contribution < -0.4 is 10.2 Å². The van der Waals surface area contributed by atoms with Gasteiger partial charge in [0.1, 0.15) is 17.3 Å². The van der Waals surface area contributed by atoms with E-state index in [1.165, 1.54) is 43.5 Å². The molecule has 7 nitrogen and oxygen atoms in total. The van der Waals surface area contributed by atoms with Crippen LogP contribution in [-0.2, 0) is 0 Å². The third-order valence-electron chi connectivity index (χ3n) is 4.51. The van der Waals surface area contributed by atoms with Crippen LogP contribution in [0.15, 0.2) is 59.1 Å². The Labute approximate surface area is 184 Å². The van der Waals surface area contributed by atoms with Gasteiger partial charge < -0.3 is 9.84 Å². The van der Waals surface area contributed by atoms with Gasteiger partial charge in [0, 0.05) is 4.91 Å². The molecule has 0 radical (unpaired) electrons. The van der Waals surface area contributed by atoms with Crippen LogP contribution in [0.3, 0.4) is 0 Å². The molecule has 2 aromatic rings. The molecule has 0 aliphatic carbocycles. The van der Waals surface area contributed by atoms with Crippen LogP contribution in [-0.4, -0.2) is 33.5 Å². The Balaban J connectivity index is 2.37. The molecule has 0 aliphatic heterocycles. The lowest BCUT2D eigenvalue weighted by atomic mass is 10.1. The normalized spacial score (nSPS) is 12.9. The van der Waals surface area contributed by atoms with Crippen LogP contribution in [0.2, 0.25) is 0 Å². The Morgan fingerprint density at radius 3 is 2.32 bits per heavy atom. The van der Waals surface area contributed by atoms with Gasteiger partial charge in [-0.2, -0.15) is 5.43 Å². The average molecular weight is 450 g/mol. The number of benzene rings is 2. The maximum atomic E-state index is 13.4. The number of hydrogen-bond acceptors (Lipinski definition) is 6. The topological polar surface area (TPSA) is 99.0 Å². The summed E-state index contributed by atoms with van der Waals surface area (Å²) in [7, 11) is 1.35. The number of carboxylic acids is 1. The lowest BCUT2D eigenvalue weighted by Crippen LogP contribution is -2.44. The van der Waals surface area contributed by atoms with Crippen molar-refractivity contribution in [2.75, 3.05) is 12.5 Å². The Morgan fingerprint density at radius 2 is 1.81 bits per heavy atom. The van der Waals surface area contributed by atoms with Crippen molar-refractivity contribution in [3.8, 4) is 5.75 Å². The Bertz CT molecular complexity index is 1000. The molecule has 166 valence electrons. The van der Waals surface area contributed by atoms with E-state index in [1.807, 2.05) is 13.8 Å². The molecule has 0 amide bonds. The highest BCUT2D eigenvalue weighted by molar-refractivity contribution is 8.11. The van der Waals surface area contributed by atoms with E-state index in [-0.39, 0.29) is 27.8 Å². The number of rotatable bonds is 9. The van der Waals surface area contributed by atoms with E-state index < -0.39 is 10.9 Å². The van der Waals surface area contributed by atoms with Gasteiger partial charge in [-0.25, -0.2) is 9.18 Å². The lowest BCUT2D eigenvalue weighted by Gasteiger charge is -2.25. The van der Waals surface area contributed by atoms with E-state index in [9.17, 15) is 19.6 Å². The SMILES string of the molecule is C/C=C(\SC(=C(C)CC)c1ccc(F)cc1)[N+](O)(O)Nc1ccc(C(=O)O)cc1OC. The number of anilines is 1. The molecule has 0 atom stereocenters. The number of methoxy groups -OCH3 is 1.